The number of rotatable bonds is 6. The highest BCUT2D eigenvalue weighted by Gasteiger charge is 2.38. The van der Waals surface area contributed by atoms with Crippen LogP contribution in [0.3, 0.4) is 0 Å². The van der Waals surface area contributed by atoms with E-state index in [1.807, 2.05) is 32.9 Å². The number of aliphatic carboxylic acids is 1. The Labute approximate surface area is 130 Å². The van der Waals surface area contributed by atoms with Gasteiger partial charge in [-0.2, -0.15) is 0 Å². The van der Waals surface area contributed by atoms with Gasteiger partial charge in [-0.05, 0) is 37.5 Å². The molecule has 2 N–H and O–H groups in total. The summed E-state index contributed by atoms with van der Waals surface area (Å²) < 4.78 is 0. The monoisotopic (exact) mass is 311 g/mol. The van der Waals surface area contributed by atoms with Crippen LogP contribution in [0.25, 0.3) is 0 Å². The minimum atomic E-state index is -1.07. The molecule has 1 amide bonds. The molecule has 0 radical (unpaired) electrons. The largest absolute Gasteiger partial charge is 0.481 e. The summed E-state index contributed by atoms with van der Waals surface area (Å²) in [6, 6.07) is 7.01. The first-order chi connectivity index (χ1) is 9.66. The van der Waals surface area contributed by atoms with Crippen LogP contribution in [-0.4, -0.2) is 17.0 Å². The van der Waals surface area contributed by atoms with Gasteiger partial charge in [-0.15, -0.1) is 0 Å². The predicted octanol–water partition coefficient (Wildman–Crippen LogP) is 3.65. The Morgan fingerprint density at radius 2 is 1.95 bits per heavy atom. The van der Waals surface area contributed by atoms with Crippen LogP contribution in [0.4, 0.5) is 0 Å². The molecular formula is C16H22ClNO3. The molecule has 0 fully saturated rings. The first-order valence-corrected chi connectivity index (χ1v) is 7.33. The van der Waals surface area contributed by atoms with Crippen LogP contribution in [-0.2, 0) is 9.59 Å². The van der Waals surface area contributed by atoms with E-state index in [0.717, 1.165) is 5.56 Å². The minimum Gasteiger partial charge on any atom is -0.481 e. The molecule has 1 aromatic carbocycles. The zero-order chi connectivity index (χ0) is 16.2. The standard InChI is InChI=1S/C16H22ClNO3/c1-10(2)16(4,15(20)21)9-14(19)18-11(3)12-6-5-7-13(17)8-12/h5-8,10-11H,9H2,1-4H3,(H,18,19)(H,20,21). The molecule has 21 heavy (non-hydrogen) atoms. The van der Waals surface area contributed by atoms with Gasteiger partial charge in [-0.3, -0.25) is 9.59 Å². The van der Waals surface area contributed by atoms with Crippen molar-refractivity contribution in [3.63, 3.8) is 0 Å². The quantitative estimate of drug-likeness (QED) is 0.842. The van der Waals surface area contributed by atoms with Crippen LogP contribution < -0.4 is 5.32 Å². The molecule has 0 aliphatic carbocycles. The van der Waals surface area contributed by atoms with Gasteiger partial charge in [0.1, 0.15) is 0 Å². The zero-order valence-corrected chi connectivity index (χ0v) is 13.6. The second-order valence-corrected chi connectivity index (χ2v) is 6.33. The van der Waals surface area contributed by atoms with Crippen molar-refractivity contribution in [3.8, 4) is 0 Å². The Bertz CT molecular complexity index is 530. The van der Waals surface area contributed by atoms with Crippen LogP contribution in [0.5, 0.6) is 0 Å². The smallest absolute Gasteiger partial charge is 0.310 e. The van der Waals surface area contributed by atoms with E-state index in [0.29, 0.717) is 5.02 Å². The molecular weight excluding hydrogens is 290 g/mol. The van der Waals surface area contributed by atoms with Crippen molar-refractivity contribution < 1.29 is 14.7 Å². The van der Waals surface area contributed by atoms with Crippen LogP contribution in [0.15, 0.2) is 24.3 Å². The van der Waals surface area contributed by atoms with Crippen molar-refractivity contribution >= 4 is 23.5 Å². The molecule has 116 valence electrons. The molecule has 0 spiro atoms. The number of hydrogen-bond donors (Lipinski definition) is 2. The number of hydrogen-bond acceptors (Lipinski definition) is 2. The number of carbonyl (C=O) groups excluding carboxylic acids is 1. The fourth-order valence-electron chi connectivity index (χ4n) is 2.01. The predicted molar refractivity (Wildman–Crippen MR) is 83.2 cm³/mol. The molecule has 0 aromatic heterocycles. The van der Waals surface area contributed by atoms with E-state index in [1.54, 1.807) is 19.1 Å². The van der Waals surface area contributed by atoms with Gasteiger partial charge < -0.3 is 10.4 Å². The van der Waals surface area contributed by atoms with Gasteiger partial charge in [0, 0.05) is 11.4 Å². The third kappa shape index (κ3) is 4.46. The Hall–Kier alpha value is -1.55. The molecule has 0 aliphatic heterocycles. The molecule has 2 atom stereocenters. The maximum Gasteiger partial charge on any atom is 0.310 e. The van der Waals surface area contributed by atoms with Crippen molar-refractivity contribution in [2.45, 2.75) is 40.2 Å². The SMILES string of the molecule is CC(NC(=O)CC(C)(C(=O)O)C(C)C)c1cccc(Cl)c1. The van der Waals surface area contributed by atoms with Gasteiger partial charge in [-0.1, -0.05) is 37.6 Å². The lowest BCUT2D eigenvalue weighted by atomic mass is 9.76. The van der Waals surface area contributed by atoms with Crippen LogP contribution >= 0.6 is 11.6 Å². The fourth-order valence-corrected chi connectivity index (χ4v) is 2.21. The Kier molecular flexibility index (Phi) is 5.78. The average Bonchev–Trinajstić information content (AvgIpc) is 2.37. The summed E-state index contributed by atoms with van der Waals surface area (Å²) in [6.45, 7) is 7.06. The first-order valence-electron chi connectivity index (χ1n) is 6.95. The summed E-state index contributed by atoms with van der Waals surface area (Å²) in [5.41, 5.74) is -0.185. The third-order valence-electron chi connectivity index (χ3n) is 4.02. The van der Waals surface area contributed by atoms with E-state index in [4.69, 9.17) is 11.6 Å². The van der Waals surface area contributed by atoms with Gasteiger partial charge in [0.25, 0.3) is 0 Å². The maximum atomic E-state index is 12.1. The molecule has 1 rings (SSSR count). The number of carboxylic acid groups (broad SMARTS) is 1. The molecule has 0 saturated carbocycles. The van der Waals surface area contributed by atoms with Gasteiger partial charge in [0.05, 0.1) is 11.5 Å². The summed E-state index contributed by atoms with van der Waals surface area (Å²) in [5.74, 6) is -1.37. The molecule has 1 aromatic rings. The van der Waals surface area contributed by atoms with E-state index in [9.17, 15) is 14.7 Å². The highest BCUT2D eigenvalue weighted by atomic mass is 35.5. The summed E-state index contributed by atoms with van der Waals surface area (Å²) >= 11 is 5.92. The second-order valence-electron chi connectivity index (χ2n) is 5.90. The normalized spacial score (nSPS) is 15.3. The summed E-state index contributed by atoms with van der Waals surface area (Å²) in [5, 5.41) is 12.8. The Morgan fingerprint density at radius 1 is 1.33 bits per heavy atom. The summed E-state index contributed by atoms with van der Waals surface area (Å²) in [4.78, 5) is 23.5. The lowest BCUT2D eigenvalue weighted by Gasteiger charge is -2.29. The number of halogens is 1. The van der Waals surface area contributed by atoms with E-state index in [1.165, 1.54) is 0 Å². The third-order valence-corrected chi connectivity index (χ3v) is 4.25. The Morgan fingerprint density at radius 3 is 2.43 bits per heavy atom. The van der Waals surface area contributed by atoms with Gasteiger partial charge in [0.15, 0.2) is 0 Å². The van der Waals surface area contributed by atoms with E-state index >= 15 is 0 Å². The van der Waals surface area contributed by atoms with Crippen molar-refractivity contribution in [3.05, 3.63) is 34.9 Å². The Balaban J connectivity index is 2.75. The van der Waals surface area contributed by atoms with Crippen LogP contribution in [0, 0.1) is 11.3 Å². The van der Waals surface area contributed by atoms with Crippen LogP contribution in [0.1, 0.15) is 45.7 Å². The summed E-state index contributed by atoms with van der Waals surface area (Å²) in [6.07, 6.45) is -0.0507. The number of carboxylic acids is 1. The lowest BCUT2D eigenvalue weighted by molar-refractivity contribution is -0.153. The molecule has 2 unspecified atom stereocenters. The molecule has 5 heteroatoms. The number of benzene rings is 1. The maximum absolute atomic E-state index is 12.1. The van der Waals surface area contributed by atoms with Gasteiger partial charge >= 0.3 is 5.97 Å². The first kappa shape index (κ1) is 17.5. The highest BCUT2D eigenvalue weighted by Crippen LogP contribution is 2.31. The molecule has 0 heterocycles. The van der Waals surface area contributed by atoms with Gasteiger partial charge in [-0.25, -0.2) is 0 Å². The lowest BCUT2D eigenvalue weighted by Crippen LogP contribution is -2.39. The molecule has 4 nitrogen and oxygen atoms in total. The number of nitrogens with one attached hydrogen (secondary N) is 1. The van der Waals surface area contributed by atoms with E-state index < -0.39 is 11.4 Å². The number of amides is 1. The van der Waals surface area contributed by atoms with Crippen LogP contribution in [0.2, 0.25) is 5.02 Å². The van der Waals surface area contributed by atoms with Crippen molar-refractivity contribution in [2.24, 2.45) is 11.3 Å². The minimum absolute atomic E-state index is 0.0507. The fraction of sp³-hybridized carbons (Fsp3) is 0.500. The molecule has 0 aliphatic rings. The van der Waals surface area contributed by atoms with Crippen molar-refractivity contribution in [2.75, 3.05) is 0 Å². The molecule has 0 bridgehead atoms. The van der Waals surface area contributed by atoms with Crippen molar-refractivity contribution in [1.29, 1.82) is 0 Å². The highest BCUT2D eigenvalue weighted by molar-refractivity contribution is 6.30. The van der Waals surface area contributed by atoms with Crippen molar-refractivity contribution in [1.82, 2.24) is 5.32 Å². The van der Waals surface area contributed by atoms with Gasteiger partial charge in [0.2, 0.25) is 5.91 Å². The second kappa shape index (κ2) is 6.94. The van der Waals surface area contributed by atoms with E-state index in [2.05, 4.69) is 5.32 Å². The average molecular weight is 312 g/mol. The summed E-state index contributed by atoms with van der Waals surface area (Å²) in [7, 11) is 0. The topological polar surface area (TPSA) is 66.4 Å². The number of carbonyl (C=O) groups is 2. The molecule has 0 saturated heterocycles. The zero-order valence-electron chi connectivity index (χ0n) is 12.8. The van der Waals surface area contributed by atoms with E-state index in [-0.39, 0.29) is 24.3 Å².